The van der Waals surface area contributed by atoms with Crippen molar-refractivity contribution >= 4 is 134 Å². The van der Waals surface area contributed by atoms with Crippen LogP contribution >= 0.6 is 128 Å². The molecule has 0 amide bonds. The summed E-state index contributed by atoms with van der Waals surface area (Å²) in [6.45, 7) is 0. The number of esters is 1. The second-order valence-electron chi connectivity index (χ2n) is 3.31. The molecule has 0 heterocycles. The summed E-state index contributed by atoms with van der Waals surface area (Å²) in [5.41, 5.74) is -2.82. The summed E-state index contributed by atoms with van der Waals surface area (Å²) < 4.78 is -6.53. The minimum atomic E-state index is -2.83. The second kappa shape index (κ2) is 6.88. The second-order valence-corrected chi connectivity index (χ2v) is 11.5. The molecule has 0 radical (unpaired) electrons. The molecule has 0 bridgehead atoms. The lowest BCUT2D eigenvalue weighted by Crippen LogP contribution is -2.67. The van der Waals surface area contributed by atoms with Gasteiger partial charge in [-0.05, 0) is 0 Å². The summed E-state index contributed by atoms with van der Waals surface area (Å²) in [6.07, 6.45) is 0. The Morgan fingerprint density at radius 1 is 0.700 bits per heavy atom. The third kappa shape index (κ3) is 3.67. The first kappa shape index (κ1) is 22.7. The van der Waals surface area contributed by atoms with Gasteiger partial charge in [-0.2, -0.15) is 0 Å². The average molecular weight is 509 g/mol. The normalized spacial score (nSPS) is 15.2. The zero-order valence-corrected chi connectivity index (χ0v) is 17.3. The van der Waals surface area contributed by atoms with Crippen molar-refractivity contribution in [2.75, 3.05) is 7.11 Å². The Hall–Kier alpha value is 2.66. The van der Waals surface area contributed by atoms with Crippen molar-refractivity contribution in [1.82, 2.24) is 0 Å². The zero-order valence-electron chi connectivity index (χ0n) is 8.97. The fourth-order valence-corrected chi connectivity index (χ4v) is 8.31. The first-order valence-electron chi connectivity index (χ1n) is 4.15. The SMILES string of the molecule is COC(=O)C(Cl)(Cl)C(C(Cl)(Cl)Cl)(C(Cl)(Cl)Cl)C(Cl)(Cl)Cl. The van der Waals surface area contributed by atoms with Gasteiger partial charge in [0.05, 0.1) is 7.11 Å². The van der Waals surface area contributed by atoms with E-state index in [1.807, 2.05) is 0 Å². The van der Waals surface area contributed by atoms with Crippen LogP contribution in [0.1, 0.15) is 0 Å². The van der Waals surface area contributed by atoms with Gasteiger partial charge in [0.25, 0.3) is 0 Å². The lowest BCUT2D eigenvalue weighted by atomic mass is 9.87. The van der Waals surface area contributed by atoms with E-state index >= 15 is 0 Å². The quantitative estimate of drug-likeness (QED) is 0.317. The van der Waals surface area contributed by atoms with Crippen molar-refractivity contribution in [3.63, 3.8) is 0 Å². The van der Waals surface area contributed by atoms with Crippen LogP contribution in [0.5, 0.6) is 0 Å². The number of methoxy groups -OCH3 is 1. The summed E-state index contributed by atoms with van der Waals surface area (Å²) in [5.74, 6) is -1.36. The molecule has 0 N–H and O–H groups in total. The number of alkyl halides is 11. The van der Waals surface area contributed by atoms with E-state index in [0.29, 0.717) is 0 Å². The monoisotopic (exact) mass is 504 g/mol. The number of rotatable bonds is 2. The molecular formula is C7H3Cl11O2. The van der Waals surface area contributed by atoms with E-state index in [4.69, 9.17) is 128 Å². The van der Waals surface area contributed by atoms with Crippen LogP contribution in [0, 0.1) is 5.41 Å². The van der Waals surface area contributed by atoms with E-state index in [0.717, 1.165) is 7.11 Å². The standard InChI is InChI=1S/C7H3Cl11O2/c1-20-2(19)3(8,9)4(5(10,11)12,6(13,14)15)7(16,17)18/h1H3. The molecule has 20 heavy (non-hydrogen) atoms. The Bertz CT molecular complexity index is 338. The summed E-state index contributed by atoms with van der Waals surface area (Å²) in [6, 6.07) is 0. The number of hydrogen-bond donors (Lipinski definition) is 0. The van der Waals surface area contributed by atoms with E-state index in [9.17, 15) is 4.79 Å². The molecule has 0 saturated heterocycles. The van der Waals surface area contributed by atoms with Gasteiger partial charge in [-0.15, -0.1) is 0 Å². The molecule has 2 nitrogen and oxygen atoms in total. The Balaban J connectivity index is 6.73. The molecule has 0 aliphatic rings. The third-order valence-corrected chi connectivity index (χ3v) is 5.62. The Morgan fingerprint density at radius 2 is 0.950 bits per heavy atom. The van der Waals surface area contributed by atoms with E-state index < -0.39 is 27.1 Å². The molecule has 0 fully saturated rings. The lowest BCUT2D eigenvalue weighted by molar-refractivity contribution is -0.144. The first-order chi connectivity index (χ1) is 8.48. The van der Waals surface area contributed by atoms with Crippen molar-refractivity contribution in [1.29, 1.82) is 0 Å². The number of carbonyl (C=O) groups is 1. The Morgan fingerprint density at radius 3 is 1.10 bits per heavy atom. The largest absolute Gasteiger partial charge is 0.467 e. The Kier molecular flexibility index (Phi) is 7.79. The van der Waals surface area contributed by atoms with E-state index in [1.54, 1.807) is 0 Å². The van der Waals surface area contributed by atoms with Crippen molar-refractivity contribution in [2.45, 2.75) is 15.7 Å². The fourth-order valence-electron chi connectivity index (χ4n) is 1.30. The molecule has 120 valence electrons. The van der Waals surface area contributed by atoms with Crippen LogP contribution in [0.15, 0.2) is 0 Å². The van der Waals surface area contributed by atoms with Gasteiger partial charge in [-0.1, -0.05) is 128 Å². The highest BCUT2D eigenvalue weighted by Crippen LogP contribution is 2.73. The highest BCUT2D eigenvalue weighted by atomic mass is 35.6. The maximum Gasteiger partial charge on any atom is 0.343 e. The maximum atomic E-state index is 11.8. The minimum absolute atomic E-state index is 0.932. The summed E-state index contributed by atoms with van der Waals surface area (Å²) in [5, 5.41) is 0. The molecule has 0 aliphatic heterocycles. The van der Waals surface area contributed by atoms with Gasteiger partial charge in [0.2, 0.25) is 15.7 Å². The van der Waals surface area contributed by atoms with Gasteiger partial charge in [0.1, 0.15) is 0 Å². The molecule has 0 unspecified atom stereocenters. The van der Waals surface area contributed by atoms with E-state index in [-0.39, 0.29) is 0 Å². The van der Waals surface area contributed by atoms with Gasteiger partial charge < -0.3 is 4.74 Å². The van der Waals surface area contributed by atoms with Gasteiger partial charge in [-0.25, -0.2) is 4.79 Å². The molecule has 0 aromatic carbocycles. The van der Waals surface area contributed by atoms with Crippen LogP contribution in [0.3, 0.4) is 0 Å². The van der Waals surface area contributed by atoms with Crippen LogP contribution in [-0.4, -0.2) is 28.8 Å². The smallest absolute Gasteiger partial charge is 0.343 e. The first-order valence-corrected chi connectivity index (χ1v) is 8.30. The molecule has 0 aliphatic carbocycles. The number of carbonyl (C=O) groups excluding carboxylic acids is 1. The molecule has 0 rings (SSSR count). The average Bonchev–Trinajstić information content (AvgIpc) is 2.08. The van der Waals surface area contributed by atoms with Crippen LogP contribution in [0.25, 0.3) is 0 Å². The Labute approximate surface area is 170 Å². The van der Waals surface area contributed by atoms with E-state index in [1.165, 1.54) is 0 Å². The van der Waals surface area contributed by atoms with Gasteiger partial charge in [-0.3, -0.25) is 0 Å². The van der Waals surface area contributed by atoms with Gasteiger partial charge in [0, 0.05) is 0 Å². The van der Waals surface area contributed by atoms with Crippen LogP contribution in [0.4, 0.5) is 0 Å². The summed E-state index contributed by atoms with van der Waals surface area (Å²) >= 11 is 63.6. The van der Waals surface area contributed by atoms with Crippen LogP contribution in [-0.2, 0) is 9.53 Å². The predicted octanol–water partition coefficient (Wildman–Crippen LogP) is 6.43. The highest BCUT2D eigenvalue weighted by Gasteiger charge is 2.82. The van der Waals surface area contributed by atoms with Crippen molar-refractivity contribution < 1.29 is 9.53 Å². The van der Waals surface area contributed by atoms with E-state index in [2.05, 4.69) is 4.74 Å². The molecule has 0 aromatic rings. The molecule has 13 heteroatoms. The summed E-state index contributed by atoms with van der Waals surface area (Å²) in [7, 11) is 0.932. The molecular weight excluding hydrogens is 506 g/mol. The van der Waals surface area contributed by atoms with Crippen LogP contribution < -0.4 is 0 Å². The van der Waals surface area contributed by atoms with Crippen molar-refractivity contribution in [3.05, 3.63) is 0 Å². The fraction of sp³-hybridized carbons (Fsp3) is 0.857. The van der Waals surface area contributed by atoms with Crippen molar-refractivity contribution in [2.24, 2.45) is 5.41 Å². The molecule has 0 spiro atoms. The lowest BCUT2D eigenvalue weighted by Gasteiger charge is -2.52. The van der Waals surface area contributed by atoms with Crippen molar-refractivity contribution in [3.8, 4) is 0 Å². The summed E-state index contributed by atoms with van der Waals surface area (Å²) in [4.78, 5) is 11.8. The van der Waals surface area contributed by atoms with Crippen LogP contribution in [0.2, 0.25) is 0 Å². The molecule has 0 saturated carbocycles. The third-order valence-electron chi connectivity index (χ3n) is 2.19. The molecule has 0 aromatic heterocycles. The number of ether oxygens (including phenoxy) is 1. The predicted molar refractivity (Wildman–Crippen MR) is 89.8 cm³/mol. The van der Waals surface area contributed by atoms with Gasteiger partial charge in [0.15, 0.2) is 5.41 Å². The number of hydrogen-bond acceptors (Lipinski definition) is 2. The maximum absolute atomic E-state index is 11.8. The zero-order chi connectivity index (χ0) is 16.8. The highest BCUT2D eigenvalue weighted by molar-refractivity contribution is 6.80. The minimum Gasteiger partial charge on any atom is -0.467 e. The topological polar surface area (TPSA) is 26.3 Å². The van der Waals surface area contributed by atoms with Gasteiger partial charge >= 0.3 is 5.97 Å². The molecule has 0 atom stereocenters. The number of halogens is 11.